The lowest BCUT2D eigenvalue weighted by Gasteiger charge is -2.26. The molecule has 1 saturated heterocycles. The molecule has 0 saturated carbocycles. The van der Waals surface area contributed by atoms with Crippen molar-refractivity contribution in [2.75, 3.05) is 31.6 Å². The summed E-state index contributed by atoms with van der Waals surface area (Å²) in [6, 6.07) is 12.3. The van der Waals surface area contributed by atoms with Gasteiger partial charge >= 0.3 is 0 Å². The molecular weight excluding hydrogens is 468 g/mol. The van der Waals surface area contributed by atoms with Crippen LogP contribution in [0, 0.1) is 13.8 Å². The largest absolute Gasteiger partial charge is 0.489 e. The van der Waals surface area contributed by atoms with E-state index in [2.05, 4.69) is 10.4 Å². The number of morpholine rings is 1. The lowest BCUT2D eigenvalue weighted by atomic mass is 10.2. The van der Waals surface area contributed by atoms with Crippen molar-refractivity contribution < 1.29 is 22.7 Å². The number of ether oxygens (including phenoxy) is 2. The summed E-state index contributed by atoms with van der Waals surface area (Å²) >= 11 is 0. The second kappa shape index (κ2) is 10.2. The molecule has 0 unspecified atom stereocenters. The lowest BCUT2D eigenvalue weighted by molar-refractivity contribution is 0.0730. The van der Waals surface area contributed by atoms with Crippen molar-refractivity contribution in [1.29, 1.82) is 0 Å². The van der Waals surface area contributed by atoms with Gasteiger partial charge in [0.1, 0.15) is 5.75 Å². The van der Waals surface area contributed by atoms with Gasteiger partial charge in [-0.2, -0.15) is 9.40 Å². The van der Waals surface area contributed by atoms with E-state index in [1.54, 1.807) is 10.7 Å². The molecule has 1 aromatic heterocycles. The van der Waals surface area contributed by atoms with Crippen LogP contribution < -0.4 is 10.1 Å². The molecule has 0 spiro atoms. The second-order valence-corrected chi connectivity index (χ2v) is 10.6. The van der Waals surface area contributed by atoms with Crippen molar-refractivity contribution in [1.82, 2.24) is 14.1 Å². The Hall–Kier alpha value is -3.21. The monoisotopic (exact) mass is 498 g/mol. The quantitative estimate of drug-likeness (QED) is 0.535. The van der Waals surface area contributed by atoms with Crippen LogP contribution in [0.1, 0.15) is 35.5 Å². The summed E-state index contributed by atoms with van der Waals surface area (Å²) in [4.78, 5) is 13.3. The van der Waals surface area contributed by atoms with Crippen LogP contribution in [0.2, 0.25) is 0 Å². The lowest BCUT2D eigenvalue weighted by Crippen LogP contribution is -2.40. The molecule has 0 bridgehead atoms. The van der Waals surface area contributed by atoms with Crippen LogP contribution in [0.25, 0.3) is 5.69 Å². The molecular formula is C25H30N4O5S. The Kier molecular flexibility index (Phi) is 7.25. The van der Waals surface area contributed by atoms with E-state index in [0.717, 1.165) is 11.3 Å². The zero-order valence-electron chi connectivity index (χ0n) is 20.3. The van der Waals surface area contributed by atoms with Crippen LogP contribution in [0.4, 0.5) is 5.69 Å². The van der Waals surface area contributed by atoms with Crippen LogP contribution in [0.15, 0.2) is 53.6 Å². The third kappa shape index (κ3) is 5.39. The number of sulfonamides is 1. The fourth-order valence-electron chi connectivity index (χ4n) is 3.90. The first-order valence-electron chi connectivity index (χ1n) is 11.5. The first-order chi connectivity index (χ1) is 16.7. The fourth-order valence-corrected chi connectivity index (χ4v) is 5.34. The van der Waals surface area contributed by atoms with Gasteiger partial charge in [0.15, 0.2) is 0 Å². The predicted molar refractivity (Wildman–Crippen MR) is 133 cm³/mol. The molecule has 2 aromatic carbocycles. The van der Waals surface area contributed by atoms with Crippen LogP contribution in [-0.4, -0.2) is 60.8 Å². The van der Waals surface area contributed by atoms with Crippen molar-refractivity contribution >= 4 is 21.6 Å². The van der Waals surface area contributed by atoms with Crippen LogP contribution in [-0.2, 0) is 14.8 Å². The minimum Gasteiger partial charge on any atom is -0.489 e. The Labute approximate surface area is 205 Å². The summed E-state index contributed by atoms with van der Waals surface area (Å²) < 4.78 is 40.6. The van der Waals surface area contributed by atoms with Gasteiger partial charge in [-0.3, -0.25) is 4.79 Å². The molecule has 1 amide bonds. The maximum Gasteiger partial charge on any atom is 0.259 e. The number of carbonyl (C=O) groups is 1. The Bertz CT molecular complexity index is 1330. The summed E-state index contributed by atoms with van der Waals surface area (Å²) in [5.41, 5.74) is 3.25. The van der Waals surface area contributed by atoms with E-state index in [1.807, 2.05) is 52.0 Å². The minimum absolute atomic E-state index is 0.0815. The Balaban J connectivity index is 1.65. The number of nitrogens with zero attached hydrogens (tertiary/aromatic N) is 3. The van der Waals surface area contributed by atoms with E-state index in [0.29, 0.717) is 30.2 Å². The highest BCUT2D eigenvalue weighted by atomic mass is 32.2. The molecule has 9 nitrogen and oxygen atoms in total. The van der Waals surface area contributed by atoms with Gasteiger partial charge in [-0.25, -0.2) is 13.1 Å². The number of benzene rings is 2. The van der Waals surface area contributed by atoms with Gasteiger partial charge < -0.3 is 14.8 Å². The van der Waals surface area contributed by atoms with Crippen molar-refractivity contribution in [2.45, 2.75) is 38.7 Å². The molecule has 1 N–H and O–H groups in total. The predicted octanol–water partition coefficient (Wildman–Crippen LogP) is 3.55. The molecule has 0 radical (unpaired) electrons. The van der Waals surface area contributed by atoms with Gasteiger partial charge in [0, 0.05) is 13.1 Å². The molecule has 1 aliphatic rings. The van der Waals surface area contributed by atoms with E-state index in [-0.39, 0.29) is 29.8 Å². The number of nitrogens with one attached hydrogen (secondary N) is 1. The van der Waals surface area contributed by atoms with Gasteiger partial charge in [0.25, 0.3) is 5.91 Å². The zero-order valence-corrected chi connectivity index (χ0v) is 21.1. The topological polar surface area (TPSA) is 103 Å². The van der Waals surface area contributed by atoms with Crippen LogP contribution in [0.3, 0.4) is 0 Å². The van der Waals surface area contributed by atoms with Crippen molar-refractivity contribution in [2.24, 2.45) is 0 Å². The van der Waals surface area contributed by atoms with Crippen molar-refractivity contribution in [3.63, 3.8) is 0 Å². The number of anilines is 1. The van der Waals surface area contributed by atoms with Gasteiger partial charge in [-0.05, 0) is 63.6 Å². The van der Waals surface area contributed by atoms with Crippen molar-refractivity contribution in [3.05, 3.63) is 65.5 Å². The zero-order chi connectivity index (χ0) is 25.2. The SMILES string of the molecule is Cc1cccc(-n2ncc(C(=O)Nc3cc(S(=O)(=O)N4CCOCC4)ccc3OC(C)C)c2C)c1. The van der Waals surface area contributed by atoms with Crippen LogP contribution >= 0.6 is 0 Å². The molecule has 2 heterocycles. The number of amides is 1. The standard InChI is InChI=1S/C25H30N4O5S/c1-17(2)34-24-9-8-21(35(31,32)28-10-12-33-13-11-28)15-23(24)27-25(30)22-16-26-29(19(22)4)20-7-5-6-18(3)14-20/h5-9,14-17H,10-13H2,1-4H3,(H,27,30). The van der Waals surface area contributed by atoms with E-state index in [9.17, 15) is 13.2 Å². The molecule has 4 rings (SSSR count). The molecule has 0 atom stereocenters. The molecule has 186 valence electrons. The molecule has 0 aliphatic carbocycles. The molecule has 35 heavy (non-hydrogen) atoms. The highest BCUT2D eigenvalue weighted by Crippen LogP contribution is 2.31. The van der Waals surface area contributed by atoms with Crippen LogP contribution in [0.5, 0.6) is 5.75 Å². The highest BCUT2D eigenvalue weighted by Gasteiger charge is 2.28. The first kappa shape index (κ1) is 24.9. The van der Waals surface area contributed by atoms with E-state index in [4.69, 9.17) is 9.47 Å². The molecule has 3 aromatic rings. The maximum absolute atomic E-state index is 13.3. The third-order valence-electron chi connectivity index (χ3n) is 5.67. The number of hydrogen-bond acceptors (Lipinski definition) is 6. The van der Waals surface area contributed by atoms with Gasteiger partial charge in [0.2, 0.25) is 10.0 Å². The first-order valence-corrected chi connectivity index (χ1v) is 12.9. The number of aromatic nitrogens is 2. The fraction of sp³-hybridized carbons (Fsp3) is 0.360. The minimum atomic E-state index is -3.74. The number of hydrogen-bond donors (Lipinski definition) is 1. The van der Waals surface area contributed by atoms with Gasteiger partial charge in [-0.15, -0.1) is 0 Å². The third-order valence-corrected chi connectivity index (χ3v) is 7.57. The number of rotatable bonds is 7. The average molecular weight is 499 g/mol. The second-order valence-electron chi connectivity index (χ2n) is 8.69. The molecule has 1 aliphatic heterocycles. The molecule has 10 heteroatoms. The normalized spacial score (nSPS) is 14.8. The summed E-state index contributed by atoms with van der Waals surface area (Å²) in [5, 5.41) is 7.23. The Morgan fingerprint density at radius 3 is 2.54 bits per heavy atom. The average Bonchev–Trinajstić information content (AvgIpc) is 3.21. The van der Waals surface area contributed by atoms with E-state index in [1.165, 1.54) is 22.6 Å². The maximum atomic E-state index is 13.3. The van der Waals surface area contributed by atoms with Crippen molar-refractivity contribution in [3.8, 4) is 11.4 Å². The van der Waals surface area contributed by atoms with E-state index < -0.39 is 15.9 Å². The Morgan fingerprint density at radius 2 is 1.86 bits per heavy atom. The summed E-state index contributed by atoms with van der Waals surface area (Å²) in [6.45, 7) is 8.79. The summed E-state index contributed by atoms with van der Waals surface area (Å²) in [7, 11) is -3.74. The van der Waals surface area contributed by atoms with Gasteiger partial charge in [0.05, 0.1) is 53.0 Å². The van der Waals surface area contributed by atoms with Gasteiger partial charge in [-0.1, -0.05) is 12.1 Å². The summed E-state index contributed by atoms with van der Waals surface area (Å²) in [5.74, 6) is -0.0195. The summed E-state index contributed by atoms with van der Waals surface area (Å²) in [6.07, 6.45) is 1.34. The number of aryl methyl sites for hydroxylation is 1. The van der Waals surface area contributed by atoms with E-state index >= 15 is 0 Å². The molecule has 1 fully saturated rings. The smallest absolute Gasteiger partial charge is 0.259 e. The highest BCUT2D eigenvalue weighted by molar-refractivity contribution is 7.89. The number of carbonyl (C=O) groups excluding carboxylic acids is 1. The Morgan fingerprint density at radius 1 is 1.11 bits per heavy atom.